The van der Waals surface area contributed by atoms with E-state index < -0.39 is 48.2 Å². The predicted molar refractivity (Wildman–Crippen MR) is 183 cm³/mol. The molecule has 3 rings (SSSR count). The molecule has 1 aliphatic rings. The van der Waals surface area contributed by atoms with Gasteiger partial charge in [0.05, 0.1) is 6.61 Å². The summed E-state index contributed by atoms with van der Waals surface area (Å²) in [5.41, 5.74) is 0.00755. The van der Waals surface area contributed by atoms with Crippen LogP contribution in [0.25, 0.3) is 0 Å². The molecule has 0 unspecified atom stereocenters. The van der Waals surface area contributed by atoms with Gasteiger partial charge >= 0.3 is 11.9 Å². The third kappa shape index (κ3) is 9.70. The highest BCUT2D eigenvalue weighted by molar-refractivity contribution is 6.31. The Hall–Kier alpha value is -2.73. The van der Waals surface area contributed by atoms with Crippen LogP contribution in [0.5, 0.6) is 5.75 Å². The van der Waals surface area contributed by atoms with Crippen molar-refractivity contribution in [2.75, 3.05) is 40.1 Å². The maximum absolute atomic E-state index is 13.5. The van der Waals surface area contributed by atoms with E-state index in [-0.39, 0.29) is 6.61 Å². The van der Waals surface area contributed by atoms with Crippen LogP contribution in [0.15, 0.2) is 42.5 Å². The van der Waals surface area contributed by atoms with Crippen molar-refractivity contribution in [3.8, 4) is 5.75 Å². The molecule has 0 saturated carbocycles. The molecular weight excluding hydrogens is 640 g/mol. The van der Waals surface area contributed by atoms with Crippen molar-refractivity contribution in [2.45, 2.75) is 109 Å². The van der Waals surface area contributed by atoms with Crippen LogP contribution in [0, 0.1) is 0 Å². The van der Waals surface area contributed by atoms with E-state index in [0.29, 0.717) is 43.2 Å². The van der Waals surface area contributed by atoms with E-state index in [9.17, 15) is 14.7 Å². The number of methoxy groups -OCH3 is 1. The van der Waals surface area contributed by atoms with Gasteiger partial charge in [-0.25, -0.2) is 4.79 Å². The van der Waals surface area contributed by atoms with Gasteiger partial charge in [-0.05, 0) is 68.0 Å². The topological polar surface area (TPSA) is 119 Å². The van der Waals surface area contributed by atoms with Crippen LogP contribution in [0.1, 0.15) is 89.8 Å². The Balaban J connectivity index is 2.24. The van der Waals surface area contributed by atoms with E-state index in [2.05, 4.69) is 6.92 Å². The molecule has 11 heteroatoms. The maximum atomic E-state index is 13.5. The summed E-state index contributed by atoms with van der Waals surface area (Å²) in [4.78, 5) is 25.6. The number of halogens is 1. The van der Waals surface area contributed by atoms with Crippen LogP contribution in [0.3, 0.4) is 0 Å². The third-order valence-corrected chi connectivity index (χ3v) is 8.76. The van der Waals surface area contributed by atoms with Crippen LogP contribution in [0.2, 0.25) is 5.02 Å². The van der Waals surface area contributed by atoms with Crippen molar-refractivity contribution in [2.24, 2.45) is 0 Å². The van der Waals surface area contributed by atoms with Gasteiger partial charge in [0.2, 0.25) is 11.4 Å². The van der Waals surface area contributed by atoms with Gasteiger partial charge in [0.25, 0.3) is 0 Å². The van der Waals surface area contributed by atoms with Gasteiger partial charge in [0.15, 0.2) is 0 Å². The van der Waals surface area contributed by atoms with E-state index in [1.165, 1.54) is 14.0 Å². The molecule has 1 aliphatic heterocycles. The van der Waals surface area contributed by atoms with Crippen LogP contribution in [-0.2, 0) is 50.2 Å². The number of carboxylic acid groups (broad SMARTS) is 1. The molecule has 0 aromatic heterocycles. The van der Waals surface area contributed by atoms with Gasteiger partial charge in [-0.2, -0.15) is 0 Å². The molecule has 0 spiro atoms. The van der Waals surface area contributed by atoms with E-state index in [4.69, 9.17) is 44.8 Å². The summed E-state index contributed by atoms with van der Waals surface area (Å²) in [5, 5.41) is 11.5. The second-order valence-electron chi connectivity index (χ2n) is 12.0. The average molecular weight is 693 g/mol. The molecule has 0 radical (unpaired) electrons. The highest BCUT2D eigenvalue weighted by Crippen LogP contribution is 2.48. The highest BCUT2D eigenvalue weighted by Gasteiger charge is 2.68. The second kappa shape index (κ2) is 19.5. The van der Waals surface area contributed by atoms with Crippen molar-refractivity contribution in [3.05, 3.63) is 64.2 Å². The molecule has 10 nitrogen and oxygen atoms in total. The first-order valence-corrected chi connectivity index (χ1v) is 17.5. The second-order valence-corrected chi connectivity index (χ2v) is 12.4. The van der Waals surface area contributed by atoms with Gasteiger partial charge in [-0.15, -0.1) is 0 Å². The number of benzene rings is 2. The Morgan fingerprint density at radius 3 is 2.02 bits per heavy atom. The van der Waals surface area contributed by atoms with E-state index in [1.54, 1.807) is 12.1 Å². The molecule has 0 aliphatic carbocycles. The lowest BCUT2D eigenvalue weighted by Crippen LogP contribution is -2.74. The first-order chi connectivity index (χ1) is 23.1. The first kappa shape index (κ1) is 39.7. The highest BCUT2D eigenvalue weighted by atomic mass is 35.5. The minimum atomic E-state index is -2.22. The number of ether oxygens (including phenoxy) is 7. The first-order valence-electron chi connectivity index (χ1n) is 17.1. The molecule has 2 aromatic carbocycles. The summed E-state index contributed by atoms with van der Waals surface area (Å²) in [6, 6.07) is 13.1. The largest absolute Gasteiger partial charge is 0.494 e. The number of aliphatic carboxylic acids is 1. The van der Waals surface area contributed by atoms with Crippen molar-refractivity contribution in [1.29, 1.82) is 0 Å². The summed E-state index contributed by atoms with van der Waals surface area (Å²) >= 11 is 6.76. The fourth-order valence-corrected chi connectivity index (χ4v) is 5.96. The quantitative estimate of drug-likeness (QED) is 0.107. The number of rotatable bonds is 21. The minimum Gasteiger partial charge on any atom is -0.494 e. The molecule has 0 bridgehead atoms. The smallest absolute Gasteiger partial charge is 0.342 e. The molecule has 48 heavy (non-hydrogen) atoms. The van der Waals surface area contributed by atoms with Crippen molar-refractivity contribution in [1.82, 2.24) is 0 Å². The SMILES string of the molecule is CCCCO[C@@H]1[C@@H](OCCCC)[C@](OC)(c2ccc(Cl)c(Cc3ccc(OCC)cc3)c2)O[C@@](COC(C)=O)(C(=O)O)[C@H]1OCCCC. The number of hydrogen-bond acceptors (Lipinski definition) is 9. The van der Waals surface area contributed by atoms with Crippen LogP contribution in [-0.4, -0.2) is 81.1 Å². The maximum Gasteiger partial charge on any atom is 0.342 e. The van der Waals surface area contributed by atoms with Crippen molar-refractivity contribution < 1.29 is 47.9 Å². The minimum absolute atomic E-state index is 0.238. The molecule has 5 atom stereocenters. The molecule has 1 saturated heterocycles. The molecule has 268 valence electrons. The molecule has 1 N–H and O–H groups in total. The zero-order valence-electron chi connectivity index (χ0n) is 29.3. The van der Waals surface area contributed by atoms with E-state index in [1.807, 2.05) is 51.1 Å². The Labute approximate surface area is 290 Å². The van der Waals surface area contributed by atoms with E-state index in [0.717, 1.165) is 49.0 Å². The summed E-state index contributed by atoms with van der Waals surface area (Å²) in [7, 11) is 1.44. The molecular formula is C37H53ClO10. The summed E-state index contributed by atoms with van der Waals surface area (Å²) in [5.74, 6) is -3.11. The number of unbranched alkanes of at least 4 members (excludes halogenated alkanes) is 3. The fraction of sp³-hybridized carbons (Fsp3) is 0.622. The van der Waals surface area contributed by atoms with Gasteiger partial charge in [0, 0.05) is 44.4 Å². The Morgan fingerprint density at radius 2 is 1.48 bits per heavy atom. The number of carboxylic acids is 1. The number of carbonyl (C=O) groups excluding carboxylic acids is 1. The van der Waals surface area contributed by atoms with Crippen LogP contribution in [0.4, 0.5) is 0 Å². The number of hydrogen-bond donors (Lipinski definition) is 1. The van der Waals surface area contributed by atoms with Crippen LogP contribution >= 0.6 is 11.6 Å². The summed E-state index contributed by atoms with van der Waals surface area (Å²) in [6.07, 6.45) is 1.98. The van der Waals surface area contributed by atoms with Crippen LogP contribution < -0.4 is 4.74 Å². The molecule has 0 amide bonds. The zero-order valence-corrected chi connectivity index (χ0v) is 30.0. The summed E-state index contributed by atoms with van der Waals surface area (Å²) in [6.45, 7) is 10.1. The normalized spacial score (nSPS) is 23.9. The molecule has 2 aromatic rings. The number of carbonyl (C=O) groups is 2. The Kier molecular flexibility index (Phi) is 16.1. The lowest BCUT2D eigenvalue weighted by Gasteiger charge is -2.55. The summed E-state index contributed by atoms with van der Waals surface area (Å²) < 4.78 is 43.5. The number of esters is 1. The van der Waals surface area contributed by atoms with Gasteiger partial charge in [0.1, 0.15) is 30.7 Å². The monoisotopic (exact) mass is 692 g/mol. The van der Waals surface area contributed by atoms with Gasteiger partial charge < -0.3 is 38.3 Å². The molecule has 1 heterocycles. The predicted octanol–water partition coefficient (Wildman–Crippen LogP) is 7.10. The fourth-order valence-electron chi connectivity index (χ4n) is 5.77. The lowest BCUT2D eigenvalue weighted by atomic mass is 9.80. The third-order valence-electron chi connectivity index (χ3n) is 8.40. The Morgan fingerprint density at radius 1 is 0.875 bits per heavy atom. The van der Waals surface area contributed by atoms with Crippen molar-refractivity contribution in [3.63, 3.8) is 0 Å². The van der Waals surface area contributed by atoms with E-state index >= 15 is 0 Å². The van der Waals surface area contributed by atoms with Crippen molar-refractivity contribution >= 4 is 23.5 Å². The zero-order chi connectivity index (χ0) is 35.2. The average Bonchev–Trinajstić information content (AvgIpc) is 3.07. The lowest BCUT2D eigenvalue weighted by molar-refractivity contribution is -0.403. The Bertz CT molecular complexity index is 1290. The van der Waals surface area contributed by atoms with Gasteiger partial charge in [-0.3, -0.25) is 4.79 Å². The molecule has 1 fully saturated rings. The standard InChI is InChI=1S/C37H53ClO10/c1-7-11-20-44-32-33(45-21-12-8-2)36(35(40)41,25-47-26(5)39)48-37(42-6,34(32)46-22-13-9-3)29-16-19-31(38)28(24-29)23-27-14-17-30(18-15-27)43-10-4/h14-19,24,32-34H,7-13,20-23,25H2,1-6H3,(H,40,41)/t32-,33-,34+,36+,37-/m0/s1. The van der Waals surface area contributed by atoms with Gasteiger partial charge in [-0.1, -0.05) is 69.8 Å².